The summed E-state index contributed by atoms with van der Waals surface area (Å²) in [5, 5.41) is 3.60. The number of pyridine rings is 1. The van der Waals surface area contributed by atoms with Crippen molar-refractivity contribution in [3.05, 3.63) is 52.6 Å². The van der Waals surface area contributed by atoms with Crippen LogP contribution in [0.5, 0.6) is 5.88 Å². The van der Waals surface area contributed by atoms with Gasteiger partial charge < -0.3 is 10.1 Å². The number of anilines is 1. The summed E-state index contributed by atoms with van der Waals surface area (Å²) >= 11 is 3.47. The van der Waals surface area contributed by atoms with E-state index < -0.39 is 0 Å². The first kappa shape index (κ1) is 15.3. The number of methoxy groups -OCH3 is 1. The zero-order chi connectivity index (χ0) is 15.4. The molecule has 0 spiro atoms. The fraction of sp³-hybridized carbons (Fsp3) is 0.389. The Labute approximate surface area is 140 Å². The van der Waals surface area contributed by atoms with Gasteiger partial charge in [0.05, 0.1) is 12.8 Å². The molecule has 4 heteroatoms. The fourth-order valence-corrected chi connectivity index (χ4v) is 3.54. The van der Waals surface area contributed by atoms with Gasteiger partial charge in [0, 0.05) is 16.7 Å². The van der Waals surface area contributed by atoms with Crippen molar-refractivity contribution in [1.29, 1.82) is 0 Å². The average molecular weight is 361 g/mol. The molecule has 1 fully saturated rings. The third-order valence-electron chi connectivity index (χ3n) is 4.37. The Balaban J connectivity index is 1.62. The van der Waals surface area contributed by atoms with Crippen LogP contribution in [0, 0.1) is 0 Å². The van der Waals surface area contributed by atoms with Gasteiger partial charge in [0.25, 0.3) is 0 Å². The molecule has 1 N–H and O–H groups in total. The Bertz CT molecular complexity index is 610. The highest BCUT2D eigenvalue weighted by Gasteiger charge is 2.23. The highest BCUT2D eigenvalue weighted by Crippen LogP contribution is 2.35. The van der Waals surface area contributed by atoms with Crippen LogP contribution >= 0.6 is 15.9 Å². The molecule has 0 saturated heterocycles. The Morgan fingerprint density at radius 1 is 1.14 bits per heavy atom. The normalized spacial score (nSPS) is 21.4. The lowest BCUT2D eigenvalue weighted by Gasteiger charge is -2.30. The van der Waals surface area contributed by atoms with Crippen LogP contribution in [0.2, 0.25) is 0 Å². The number of ether oxygens (including phenoxy) is 1. The van der Waals surface area contributed by atoms with Crippen LogP contribution in [0.15, 0.2) is 47.1 Å². The Kier molecular flexibility index (Phi) is 4.98. The minimum atomic E-state index is 0.491. The van der Waals surface area contributed by atoms with E-state index in [2.05, 4.69) is 56.6 Å². The van der Waals surface area contributed by atoms with Gasteiger partial charge in [0.2, 0.25) is 5.88 Å². The number of benzene rings is 1. The van der Waals surface area contributed by atoms with E-state index in [-0.39, 0.29) is 0 Å². The third-order valence-corrected chi connectivity index (χ3v) is 4.80. The van der Waals surface area contributed by atoms with Crippen molar-refractivity contribution in [2.75, 3.05) is 12.4 Å². The SMILES string of the molecule is COc1ncc(Br)cc1N[C@H]1CC[C@@H](c2ccccc2)CC1. The van der Waals surface area contributed by atoms with Gasteiger partial charge in [0.1, 0.15) is 0 Å². The van der Waals surface area contributed by atoms with Crippen LogP contribution in [-0.4, -0.2) is 18.1 Å². The molecule has 0 unspecified atom stereocenters. The number of rotatable bonds is 4. The van der Waals surface area contributed by atoms with Gasteiger partial charge in [-0.1, -0.05) is 30.3 Å². The predicted molar refractivity (Wildman–Crippen MR) is 93.6 cm³/mol. The number of halogens is 1. The maximum atomic E-state index is 5.34. The zero-order valence-electron chi connectivity index (χ0n) is 12.8. The molecule has 3 rings (SSSR count). The van der Waals surface area contributed by atoms with Crippen molar-refractivity contribution in [3.8, 4) is 5.88 Å². The van der Waals surface area contributed by atoms with Crippen molar-refractivity contribution < 1.29 is 4.74 Å². The second-order valence-corrected chi connectivity index (χ2v) is 6.73. The second kappa shape index (κ2) is 7.14. The maximum Gasteiger partial charge on any atom is 0.237 e. The molecule has 1 aliphatic carbocycles. The Morgan fingerprint density at radius 3 is 2.55 bits per heavy atom. The summed E-state index contributed by atoms with van der Waals surface area (Å²) in [5.41, 5.74) is 2.45. The topological polar surface area (TPSA) is 34.1 Å². The van der Waals surface area contributed by atoms with E-state index in [1.54, 1.807) is 13.3 Å². The Hall–Kier alpha value is -1.55. The molecule has 1 aromatic carbocycles. The van der Waals surface area contributed by atoms with Crippen LogP contribution in [0.1, 0.15) is 37.2 Å². The summed E-state index contributed by atoms with van der Waals surface area (Å²) in [4.78, 5) is 4.29. The van der Waals surface area contributed by atoms with Crippen molar-refractivity contribution in [2.24, 2.45) is 0 Å². The average Bonchev–Trinajstić information content (AvgIpc) is 2.57. The van der Waals surface area contributed by atoms with Crippen LogP contribution in [-0.2, 0) is 0 Å². The molecule has 3 nitrogen and oxygen atoms in total. The second-order valence-electron chi connectivity index (χ2n) is 5.81. The van der Waals surface area contributed by atoms with Gasteiger partial charge in [-0.2, -0.15) is 0 Å². The highest BCUT2D eigenvalue weighted by molar-refractivity contribution is 9.10. The number of hydrogen-bond donors (Lipinski definition) is 1. The van der Waals surface area contributed by atoms with E-state index in [1.165, 1.54) is 31.2 Å². The molecule has 0 atom stereocenters. The predicted octanol–water partition coefficient (Wildman–Crippen LogP) is 4.99. The number of hydrogen-bond acceptors (Lipinski definition) is 3. The van der Waals surface area contributed by atoms with Gasteiger partial charge in [0.15, 0.2) is 0 Å². The summed E-state index contributed by atoms with van der Waals surface area (Å²) < 4.78 is 6.30. The van der Waals surface area contributed by atoms with Crippen LogP contribution in [0.25, 0.3) is 0 Å². The largest absolute Gasteiger partial charge is 0.480 e. The Morgan fingerprint density at radius 2 is 1.86 bits per heavy atom. The minimum Gasteiger partial charge on any atom is -0.480 e. The van der Waals surface area contributed by atoms with Gasteiger partial charge >= 0.3 is 0 Å². The molecule has 22 heavy (non-hydrogen) atoms. The van der Waals surface area contributed by atoms with Crippen molar-refractivity contribution in [2.45, 2.75) is 37.6 Å². The zero-order valence-corrected chi connectivity index (χ0v) is 14.3. The van der Waals surface area contributed by atoms with E-state index in [4.69, 9.17) is 4.74 Å². The number of nitrogens with one attached hydrogen (secondary N) is 1. The monoisotopic (exact) mass is 360 g/mol. The molecular weight excluding hydrogens is 340 g/mol. The molecule has 0 bridgehead atoms. The number of nitrogens with zero attached hydrogens (tertiary/aromatic N) is 1. The first-order valence-corrected chi connectivity index (χ1v) is 8.56. The lowest BCUT2D eigenvalue weighted by molar-refractivity contribution is 0.392. The molecule has 1 aliphatic rings. The van der Waals surface area contributed by atoms with Gasteiger partial charge in [-0.25, -0.2) is 4.98 Å². The van der Waals surface area contributed by atoms with Crippen molar-refractivity contribution in [3.63, 3.8) is 0 Å². The standard InChI is InChI=1S/C18H21BrN2O/c1-22-18-17(11-15(19)12-20-18)21-16-9-7-14(8-10-16)13-5-3-2-4-6-13/h2-6,11-12,14,16,21H,7-10H2,1H3/t14-,16+. The first-order chi connectivity index (χ1) is 10.8. The smallest absolute Gasteiger partial charge is 0.237 e. The lowest BCUT2D eigenvalue weighted by atomic mass is 9.82. The quantitative estimate of drug-likeness (QED) is 0.833. The van der Waals surface area contributed by atoms with Crippen LogP contribution in [0.4, 0.5) is 5.69 Å². The summed E-state index contributed by atoms with van der Waals surface area (Å²) in [6, 6.07) is 13.4. The maximum absolute atomic E-state index is 5.34. The summed E-state index contributed by atoms with van der Waals surface area (Å²) in [6.07, 6.45) is 6.57. The minimum absolute atomic E-state index is 0.491. The van der Waals surface area contributed by atoms with Gasteiger partial charge in [-0.05, 0) is 59.2 Å². The first-order valence-electron chi connectivity index (χ1n) is 7.77. The van der Waals surface area contributed by atoms with E-state index in [0.29, 0.717) is 17.8 Å². The van der Waals surface area contributed by atoms with E-state index in [1.807, 2.05) is 6.07 Å². The van der Waals surface area contributed by atoms with Crippen LogP contribution in [0.3, 0.4) is 0 Å². The highest BCUT2D eigenvalue weighted by atomic mass is 79.9. The van der Waals surface area contributed by atoms with Crippen molar-refractivity contribution >= 4 is 21.6 Å². The summed E-state index contributed by atoms with van der Waals surface area (Å²) in [5.74, 6) is 1.36. The van der Waals surface area contributed by atoms with Gasteiger partial charge in [-0.15, -0.1) is 0 Å². The molecule has 0 radical (unpaired) electrons. The number of aromatic nitrogens is 1. The molecule has 2 aromatic rings. The summed E-state index contributed by atoms with van der Waals surface area (Å²) in [6.45, 7) is 0. The van der Waals surface area contributed by atoms with E-state index >= 15 is 0 Å². The van der Waals surface area contributed by atoms with Crippen molar-refractivity contribution in [1.82, 2.24) is 4.98 Å². The lowest BCUT2D eigenvalue weighted by Crippen LogP contribution is -2.25. The third kappa shape index (κ3) is 3.61. The molecule has 0 aliphatic heterocycles. The van der Waals surface area contributed by atoms with Gasteiger partial charge in [-0.3, -0.25) is 0 Å². The van der Waals surface area contributed by atoms with Crippen LogP contribution < -0.4 is 10.1 Å². The molecule has 1 heterocycles. The van der Waals surface area contributed by atoms with E-state index in [9.17, 15) is 0 Å². The fourth-order valence-electron chi connectivity index (χ4n) is 3.21. The molecule has 0 amide bonds. The molecule has 1 saturated carbocycles. The molecule has 1 aromatic heterocycles. The summed E-state index contributed by atoms with van der Waals surface area (Å²) in [7, 11) is 1.66. The molecule has 116 valence electrons. The van der Waals surface area contributed by atoms with E-state index in [0.717, 1.165) is 10.2 Å². The molecular formula is C18H21BrN2O.